The van der Waals surface area contributed by atoms with Crippen LogP contribution in [0.15, 0.2) is 0 Å². The maximum atomic E-state index is 13.2. The summed E-state index contributed by atoms with van der Waals surface area (Å²) >= 11 is 0. The molecule has 25 heavy (non-hydrogen) atoms. The predicted octanol–water partition coefficient (Wildman–Crippen LogP) is 2.98. The van der Waals surface area contributed by atoms with Gasteiger partial charge in [-0.05, 0) is 45.4 Å². The van der Waals surface area contributed by atoms with Crippen molar-refractivity contribution in [3.63, 3.8) is 0 Å². The summed E-state index contributed by atoms with van der Waals surface area (Å²) in [5.74, 6) is 1.03. The van der Waals surface area contributed by atoms with Crippen molar-refractivity contribution in [1.82, 2.24) is 9.80 Å². The lowest BCUT2D eigenvalue weighted by Crippen LogP contribution is -2.61. The van der Waals surface area contributed by atoms with Gasteiger partial charge in [0.1, 0.15) is 0 Å². The summed E-state index contributed by atoms with van der Waals surface area (Å²) in [7, 11) is 0. The molecule has 0 radical (unpaired) electrons. The summed E-state index contributed by atoms with van der Waals surface area (Å²) in [5, 5.41) is 0. The molecule has 0 aromatic rings. The zero-order valence-electron chi connectivity index (χ0n) is 16.0. The molecule has 1 unspecified atom stereocenters. The van der Waals surface area contributed by atoms with Crippen molar-refractivity contribution in [1.29, 1.82) is 0 Å². The van der Waals surface area contributed by atoms with Gasteiger partial charge in [-0.2, -0.15) is 0 Å². The van der Waals surface area contributed by atoms with E-state index in [-0.39, 0.29) is 17.9 Å². The minimum Gasteiger partial charge on any atom is -0.361 e. The summed E-state index contributed by atoms with van der Waals surface area (Å²) in [6.07, 6.45) is 9.58. The fraction of sp³-hybridized carbons (Fsp3) is 0.900. The molecule has 2 aliphatic heterocycles. The van der Waals surface area contributed by atoms with Gasteiger partial charge < -0.3 is 14.5 Å². The van der Waals surface area contributed by atoms with Gasteiger partial charge in [0.2, 0.25) is 5.91 Å². The molecule has 3 rings (SSSR count). The Kier molecular flexibility index (Phi) is 6.03. The molecule has 1 saturated carbocycles. The normalized spacial score (nSPS) is 28.8. The van der Waals surface area contributed by atoms with Crippen LogP contribution in [-0.4, -0.2) is 59.5 Å². The Labute approximate surface area is 152 Å². The molecule has 0 N–H and O–H groups in total. The van der Waals surface area contributed by atoms with Gasteiger partial charge >= 0.3 is 0 Å². The van der Waals surface area contributed by atoms with Gasteiger partial charge in [-0.1, -0.05) is 25.7 Å². The minimum atomic E-state index is -0.804. The molecule has 5 nitrogen and oxygen atoms in total. The molecule has 142 valence electrons. The molecule has 1 aliphatic carbocycles. The first-order chi connectivity index (χ1) is 12.0. The molecule has 2 heterocycles. The molecule has 0 aromatic carbocycles. The summed E-state index contributed by atoms with van der Waals surface area (Å²) in [6.45, 7) is 6.47. The van der Waals surface area contributed by atoms with Gasteiger partial charge in [0.15, 0.2) is 5.60 Å². The number of amides is 2. The number of ether oxygens (including phenoxy) is 1. The number of carbonyl (C=O) groups is 2. The Balaban J connectivity index is 1.63. The van der Waals surface area contributed by atoms with Crippen molar-refractivity contribution in [3.8, 4) is 0 Å². The van der Waals surface area contributed by atoms with E-state index in [1.165, 1.54) is 25.7 Å². The average Bonchev–Trinajstić information content (AvgIpc) is 3.07. The highest BCUT2D eigenvalue weighted by Gasteiger charge is 2.48. The number of rotatable bonds is 4. The Hall–Kier alpha value is -1.10. The monoisotopic (exact) mass is 350 g/mol. The molecule has 2 amide bonds. The van der Waals surface area contributed by atoms with Crippen molar-refractivity contribution < 1.29 is 14.3 Å². The van der Waals surface area contributed by atoms with Gasteiger partial charge in [0, 0.05) is 25.6 Å². The number of hydrogen-bond acceptors (Lipinski definition) is 3. The van der Waals surface area contributed by atoms with Crippen LogP contribution in [0.2, 0.25) is 0 Å². The number of nitrogens with zero attached hydrogens (tertiary/aromatic N) is 2. The van der Waals surface area contributed by atoms with Gasteiger partial charge in [-0.15, -0.1) is 0 Å². The van der Waals surface area contributed by atoms with E-state index in [9.17, 15) is 9.59 Å². The lowest BCUT2D eigenvalue weighted by Gasteiger charge is -2.43. The molecule has 0 aromatic heterocycles. The Morgan fingerprint density at radius 1 is 1.20 bits per heavy atom. The van der Waals surface area contributed by atoms with Crippen LogP contribution in [0.5, 0.6) is 0 Å². The van der Waals surface area contributed by atoms with E-state index in [2.05, 4.69) is 13.8 Å². The summed E-state index contributed by atoms with van der Waals surface area (Å²) in [6, 6.07) is 0.180. The number of hydrogen-bond donors (Lipinski definition) is 0. The van der Waals surface area contributed by atoms with Crippen LogP contribution in [-0.2, 0) is 14.3 Å². The molecule has 0 bridgehead atoms. The molecule has 3 fully saturated rings. The largest absolute Gasteiger partial charge is 0.361 e. The lowest BCUT2D eigenvalue weighted by molar-refractivity contribution is -0.175. The highest BCUT2D eigenvalue weighted by atomic mass is 16.5. The standard InChI is InChI=1S/C20H34N2O3/c1-16(2)22-12-6-5-11-20(19(22)24)15-21(13-14-25-20)18(23)10-9-17-7-3-4-8-17/h16-17H,3-15H2,1-2H3. The van der Waals surface area contributed by atoms with E-state index >= 15 is 0 Å². The minimum absolute atomic E-state index is 0.0910. The van der Waals surface area contributed by atoms with Gasteiger partial charge in [0.25, 0.3) is 5.91 Å². The van der Waals surface area contributed by atoms with E-state index in [1.807, 2.05) is 9.80 Å². The number of morpholine rings is 1. The summed E-state index contributed by atoms with van der Waals surface area (Å²) in [5.41, 5.74) is -0.804. The summed E-state index contributed by atoms with van der Waals surface area (Å²) in [4.78, 5) is 29.7. The first kappa shape index (κ1) is 18.7. The molecular weight excluding hydrogens is 316 g/mol. The average molecular weight is 351 g/mol. The fourth-order valence-electron chi connectivity index (χ4n) is 4.72. The smallest absolute Gasteiger partial charge is 0.256 e. The van der Waals surface area contributed by atoms with Crippen molar-refractivity contribution in [3.05, 3.63) is 0 Å². The van der Waals surface area contributed by atoms with Gasteiger partial charge in [0.05, 0.1) is 13.2 Å². The Morgan fingerprint density at radius 3 is 2.68 bits per heavy atom. The maximum Gasteiger partial charge on any atom is 0.256 e. The second-order valence-electron chi connectivity index (χ2n) is 8.40. The highest BCUT2D eigenvalue weighted by molar-refractivity contribution is 5.87. The Bertz CT molecular complexity index is 487. The zero-order valence-corrected chi connectivity index (χ0v) is 16.0. The zero-order chi connectivity index (χ0) is 17.9. The molecule has 1 spiro atoms. The molecule has 1 atom stereocenters. The van der Waals surface area contributed by atoms with Crippen molar-refractivity contribution >= 4 is 11.8 Å². The van der Waals surface area contributed by atoms with E-state index in [4.69, 9.17) is 4.74 Å². The van der Waals surface area contributed by atoms with Crippen molar-refractivity contribution in [2.24, 2.45) is 5.92 Å². The second kappa shape index (κ2) is 8.07. The van der Waals surface area contributed by atoms with Crippen LogP contribution >= 0.6 is 0 Å². The first-order valence-electron chi connectivity index (χ1n) is 10.2. The van der Waals surface area contributed by atoms with Gasteiger partial charge in [-0.25, -0.2) is 0 Å². The van der Waals surface area contributed by atoms with E-state index in [1.54, 1.807) is 0 Å². The molecule has 2 saturated heterocycles. The second-order valence-corrected chi connectivity index (χ2v) is 8.40. The van der Waals surface area contributed by atoms with Crippen LogP contribution in [0, 0.1) is 5.92 Å². The third-order valence-corrected chi connectivity index (χ3v) is 6.28. The van der Waals surface area contributed by atoms with Crippen LogP contribution < -0.4 is 0 Å². The van der Waals surface area contributed by atoms with Crippen LogP contribution in [0.1, 0.15) is 71.6 Å². The van der Waals surface area contributed by atoms with Crippen LogP contribution in [0.3, 0.4) is 0 Å². The van der Waals surface area contributed by atoms with E-state index in [0.717, 1.165) is 38.1 Å². The highest BCUT2D eigenvalue weighted by Crippen LogP contribution is 2.32. The topological polar surface area (TPSA) is 49.9 Å². The SMILES string of the molecule is CC(C)N1CCCCC2(CN(C(=O)CCC3CCCC3)CCO2)C1=O. The van der Waals surface area contributed by atoms with E-state index in [0.29, 0.717) is 26.1 Å². The lowest BCUT2D eigenvalue weighted by atomic mass is 9.93. The molecule has 3 aliphatic rings. The Morgan fingerprint density at radius 2 is 1.96 bits per heavy atom. The van der Waals surface area contributed by atoms with Crippen molar-refractivity contribution in [2.75, 3.05) is 26.2 Å². The van der Waals surface area contributed by atoms with Gasteiger partial charge in [-0.3, -0.25) is 9.59 Å². The quantitative estimate of drug-likeness (QED) is 0.783. The van der Waals surface area contributed by atoms with Crippen molar-refractivity contribution in [2.45, 2.75) is 83.3 Å². The fourth-order valence-corrected chi connectivity index (χ4v) is 4.72. The number of carbonyl (C=O) groups excluding carboxylic acids is 2. The molecular formula is C20H34N2O3. The van der Waals surface area contributed by atoms with Crippen LogP contribution in [0.4, 0.5) is 0 Å². The van der Waals surface area contributed by atoms with E-state index < -0.39 is 5.60 Å². The van der Waals surface area contributed by atoms with Crippen LogP contribution in [0.25, 0.3) is 0 Å². The maximum absolute atomic E-state index is 13.2. The molecule has 5 heteroatoms. The third-order valence-electron chi connectivity index (χ3n) is 6.28. The predicted molar refractivity (Wildman–Crippen MR) is 97.2 cm³/mol. The first-order valence-corrected chi connectivity index (χ1v) is 10.2. The number of likely N-dealkylation sites (tertiary alicyclic amines) is 1. The third kappa shape index (κ3) is 4.18. The summed E-state index contributed by atoms with van der Waals surface area (Å²) < 4.78 is 6.05.